The number of rotatable bonds is 0. The third-order valence-electron chi connectivity index (χ3n) is 3.30. The Labute approximate surface area is 102 Å². The van der Waals surface area contributed by atoms with Crippen molar-refractivity contribution in [3.8, 4) is 0 Å². The van der Waals surface area contributed by atoms with Gasteiger partial charge in [0.1, 0.15) is 6.33 Å². The number of fused-ring (bicyclic) bond motifs is 3. The summed E-state index contributed by atoms with van der Waals surface area (Å²) in [7, 11) is 0. The topological polar surface area (TPSA) is 37.8 Å². The van der Waals surface area contributed by atoms with Gasteiger partial charge in [-0.3, -0.25) is 0 Å². The van der Waals surface area contributed by atoms with E-state index in [0.717, 1.165) is 12.5 Å². The molecule has 1 aliphatic heterocycles. The highest BCUT2D eigenvalue weighted by Crippen LogP contribution is 2.36. The minimum Gasteiger partial charge on any atom is -0.316 e. The first-order valence-electron chi connectivity index (χ1n) is 4.94. The van der Waals surface area contributed by atoms with E-state index in [1.165, 1.54) is 30.6 Å². The van der Waals surface area contributed by atoms with Crippen LogP contribution in [0.2, 0.25) is 0 Å². The Balaban J connectivity index is 0.000000562. The fourth-order valence-electron chi connectivity index (χ4n) is 2.59. The van der Waals surface area contributed by atoms with Gasteiger partial charge in [-0.25, -0.2) is 9.97 Å². The van der Waals surface area contributed by atoms with Crippen molar-refractivity contribution < 1.29 is 0 Å². The van der Waals surface area contributed by atoms with E-state index < -0.39 is 0 Å². The zero-order valence-corrected chi connectivity index (χ0v) is 9.98. The molecular weight excluding hydrogens is 233 g/mol. The van der Waals surface area contributed by atoms with E-state index in [4.69, 9.17) is 0 Å². The van der Waals surface area contributed by atoms with Gasteiger partial charge in [0.25, 0.3) is 0 Å². The average Bonchev–Trinajstić information content (AvgIpc) is 2.65. The van der Waals surface area contributed by atoms with E-state index in [0.29, 0.717) is 5.92 Å². The maximum Gasteiger partial charge on any atom is 0.115 e. The highest BCUT2D eigenvalue weighted by molar-refractivity contribution is 5.85. The summed E-state index contributed by atoms with van der Waals surface area (Å²) in [5.41, 5.74) is 2.67. The van der Waals surface area contributed by atoms with Gasteiger partial charge in [0.15, 0.2) is 0 Å². The monoisotopic (exact) mass is 247 g/mol. The molecule has 1 aromatic heterocycles. The Morgan fingerprint density at radius 1 is 1.27 bits per heavy atom. The fraction of sp³-hybridized carbons (Fsp3) is 0.600. The van der Waals surface area contributed by atoms with Crippen LogP contribution in [0.15, 0.2) is 12.5 Å². The van der Waals surface area contributed by atoms with E-state index >= 15 is 0 Å². The van der Waals surface area contributed by atoms with E-state index in [1.807, 2.05) is 6.20 Å². The molecule has 0 spiro atoms. The van der Waals surface area contributed by atoms with Crippen LogP contribution >= 0.6 is 24.8 Å². The van der Waals surface area contributed by atoms with Gasteiger partial charge in [-0.15, -0.1) is 24.8 Å². The second-order valence-corrected chi connectivity index (χ2v) is 4.00. The van der Waals surface area contributed by atoms with Crippen LogP contribution in [0.5, 0.6) is 0 Å². The van der Waals surface area contributed by atoms with Crippen LogP contribution in [0, 0.1) is 5.92 Å². The molecule has 5 heteroatoms. The number of aryl methyl sites for hydroxylation is 1. The van der Waals surface area contributed by atoms with Crippen molar-refractivity contribution in [3.63, 3.8) is 0 Å². The third kappa shape index (κ3) is 2.10. The Morgan fingerprint density at radius 2 is 2.13 bits per heavy atom. The zero-order valence-electron chi connectivity index (χ0n) is 8.35. The molecule has 1 fully saturated rings. The summed E-state index contributed by atoms with van der Waals surface area (Å²) in [6.45, 7) is 2.28. The smallest absolute Gasteiger partial charge is 0.115 e. The van der Waals surface area contributed by atoms with Crippen molar-refractivity contribution in [1.29, 1.82) is 0 Å². The van der Waals surface area contributed by atoms with Crippen LogP contribution in [-0.2, 0) is 6.42 Å². The van der Waals surface area contributed by atoms with Gasteiger partial charge >= 0.3 is 0 Å². The summed E-state index contributed by atoms with van der Waals surface area (Å²) in [6.07, 6.45) is 6.13. The van der Waals surface area contributed by atoms with Crippen LogP contribution in [0.3, 0.4) is 0 Å². The van der Waals surface area contributed by atoms with Gasteiger partial charge in [-0.1, -0.05) is 0 Å². The molecule has 3 nitrogen and oxygen atoms in total. The van der Waals surface area contributed by atoms with Crippen LogP contribution < -0.4 is 5.32 Å². The maximum atomic E-state index is 4.41. The first-order chi connectivity index (χ1) is 6.45. The standard InChI is InChI=1S/C10H13N3.2ClH/c1-2-8-4-12-6-13-10(8)9-5-11-3-7(1)9;;/h4,6-7,9,11H,1-3,5H2;2*1H/t7-,9+;;/m1../s1. The number of hydrogen-bond donors (Lipinski definition) is 1. The molecular formula is C10H15Cl2N3. The molecule has 84 valence electrons. The number of nitrogens with one attached hydrogen (secondary N) is 1. The molecule has 0 unspecified atom stereocenters. The van der Waals surface area contributed by atoms with Crippen molar-refractivity contribution in [1.82, 2.24) is 15.3 Å². The molecule has 2 heterocycles. The Kier molecular flexibility index (Phi) is 4.32. The van der Waals surface area contributed by atoms with E-state index in [1.54, 1.807) is 6.33 Å². The van der Waals surface area contributed by atoms with Crippen molar-refractivity contribution in [2.75, 3.05) is 13.1 Å². The zero-order chi connectivity index (χ0) is 8.67. The fourth-order valence-corrected chi connectivity index (χ4v) is 2.59. The number of nitrogens with zero attached hydrogens (tertiary/aromatic N) is 2. The minimum absolute atomic E-state index is 0. The molecule has 15 heavy (non-hydrogen) atoms. The second-order valence-electron chi connectivity index (χ2n) is 4.00. The van der Waals surface area contributed by atoms with Crippen molar-refractivity contribution >= 4 is 24.8 Å². The molecule has 0 saturated carbocycles. The molecule has 1 aromatic rings. The van der Waals surface area contributed by atoms with Crippen molar-refractivity contribution in [3.05, 3.63) is 23.8 Å². The first-order valence-corrected chi connectivity index (χ1v) is 4.94. The average molecular weight is 248 g/mol. The lowest BCUT2D eigenvalue weighted by molar-refractivity contribution is 0.440. The van der Waals surface area contributed by atoms with Gasteiger partial charge in [-0.05, 0) is 30.9 Å². The predicted molar refractivity (Wildman–Crippen MR) is 63.9 cm³/mol. The van der Waals surface area contributed by atoms with Gasteiger partial charge in [-0.2, -0.15) is 0 Å². The van der Waals surface area contributed by atoms with Gasteiger partial charge in [0.05, 0.1) is 5.69 Å². The lowest BCUT2D eigenvalue weighted by Gasteiger charge is -2.25. The molecule has 2 atom stereocenters. The van der Waals surface area contributed by atoms with Gasteiger partial charge < -0.3 is 5.32 Å². The first kappa shape index (κ1) is 12.7. The van der Waals surface area contributed by atoms with Crippen LogP contribution in [0.4, 0.5) is 0 Å². The van der Waals surface area contributed by atoms with Gasteiger partial charge in [0.2, 0.25) is 0 Å². The number of halogens is 2. The molecule has 0 radical (unpaired) electrons. The molecule has 1 saturated heterocycles. The summed E-state index contributed by atoms with van der Waals surface area (Å²) < 4.78 is 0. The molecule has 1 N–H and O–H groups in total. The Hall–Kier alpha value is -0.380. The van der Waals surface area contributed by atoms with E-state index in [9.17, 15) is 0 Å². The van der Waals surface area contributed by atoms with Crippen LogP contribution in [0.25, 0.3) is 0 Å². The largest absolute Gasteiger partial charge is 0.316 e. The highest BCUT2D eigenvalue weighted by Gasteiger charge is 2.34. The Morgan fingerprint density at radius 3 is 3.00 bits per heavy atom. The summed E-state index contributed by atoms with van der Waals surface area (Å²) >= 11 is 0. The molecule has 1 aliphatic carbocycles. The number of aromatic nitrogens is 2. The Bertz CT molecular complexity index is 332. The SMILES string of the molecule is Cl.Cl.c1ncc2c(n1)[C@H]1CNC[C@H]1CC2. The quantitative estimate of drug-likeness (QED) is 0.757. The summed E-state index contributed by atoms with van der Waals surface area (Å²) in [6, 6.07) is 0. The second kappa shape index (κ2) is 5.10. The lowest BCUT2D eigenvalue weighted by Crippen LogP contribution is -2.20. The molecule has 0 aromatic carbocycles. The molecule has 0 bridgehead atoms. The highest BCUT2D eigenvalue weighted by atomic mass is 35.5. The molecule has 3 rings (SSSR count). The molecule has 0 amide bonds. The predicted octanol–water partition coefficient (Wildman–Crippen LogP) is 1.57. The summed E-state index contributed by atoms with van der Waals surface area (Å²) in [5, 5.41) is 3.44. The summed E-state index contributed by atoms with van der Waals surface area (Å²) in [4.78, 5) is 8.49. The van der Waals surface area contributed by atoms with Crippen LogP contribution in [-0.4, -0.2) is 23.1 Å². The van der Waals surface area contributed by atoms with E-state index in [2.05, 4.69) is 15.3 Å². The minimum atomic E-state index is 0. The van der Waals surface area contributed by atoms with Crippen LogP contribution in [0.1, 0.15) is 23.6 Å². The third-order valence-corrected chi connectivity index (χ3v) is 3.30. The normalized spacial score (nSPS) is 26.9. The van der Waals surface area contributed by atoms with E-state index in [-0.39, 0.29) is 24.8 Å². The maximum absolute atomic E-state index is 4.41. The van der Waals surface area contributed by atoms with Gasteiger partial charge in [0, 0.05) is 18.7 Å². The lowest BCUT2D eigenvalue weighted by atomic mass is 9.80. The van der Waals surface area contributed by atoms with Crippen molar-refractivity contribution in [2.24, 2.45) is 5.92 Å². The number of hydrogen-bond acceptors (Lipinski definition) is 3. The van der Waals surface area contributed by atoms with Crippen molar-refractivity contribution in [2.45, 2.75) is 18.8 Å². The molecule has 2 aliphatic rings. The summed E-state index contributed by atoms with van der Waals surface area (Å²) in [5.74, 6) is 1.48.